The van der Waals surface area contributed by atoms with Gasteiger partial charge in [-0.05, 0) is 41.1 Å². The summed E-state index contributed by atoms with van der Waals surface area (Å²) in [6, 6.07) is 19.1. The fourth-order valence-electron chi connectivity index (χ4n) is 2.92. The number of hydrogen-bond acceptors (Lipinski definition) is 2. The van der Waals surface area contributed by atoms with Crippen LogP contribution in [-0.4, -0.2) is 5.91 Å². The van der Waals surface area contributed by atoms with Crippen molar-refractivity contribution in [2.45, 2.75) is 6.42 Å². The van der Waals surface area contributed by atoms with Crippen LogP contribution < -0.4 is 5.32 Å². The molecule has 118 valence electrons. The van der Waals surface area contributed by atoms with Crippen molar-refractivity contribution in [3.05, 3.63) is 77.5 Å². The van der Waals surface area contributed by atoms with E-state index in [1.165, 1.54) is 0 Å². The smallest absolute Gasteiger partial charge is 0.228 e. The van der Waals surface area contributed by atoms with Gasteiger partial charge < -0.3 is 9.73 Å². The fourth-order valence-corrected chi connectivity index (χ4v) is 3.04. The molecule has 3 aromatic carbocycles. The molecule has 1 aromatic heterocycles. The summed E-state index contributed by atoms with van der Waals surface area (Å²) in [6.07, 6.45) is 1.92. The summed E-state index contributed by atoms with van der Waals surface area (Å²) in [7, 11) is 0. The maximum atomic E-state index is 12.4. The molecule has 1 N–H and O–H groups in total. The first-order valence-electron chi connectivity index (χ1n) is 7.64. The molecule has 3 nitrogen and oxygen atoms in total. The summed E-state index contributed by atoms with van der Waals surface area (Å²) in [4.78, 5) is 12.4. The lowest BCUT2D eigenvalue weighted by Crippen LogP contribution is -2.14. The molecule has 4 aromatic rings. The highest BCUT2D eigenvalue weighted by atomic mass is 35.5. The highest BCUT2D eigenvalue weighted by Crippen LogP contribution is 2.30. The Kier molecular flexibility index (Phi) is 3.71. The minimum Gasteiger partial charge on any atom is -0.464 e. The molecule has 0 radical (unpaired) electrons. The quantitative estimate of drug-likeness (QED) is 0.543. The van der Waals surface area contributed by atoms with E-state index in [1.807, 2.05) is 30.3 Å². The number of furan rings is 1. The summed E-state index contributed by atoms with van der Waals surface area (Å²) in [6.45, 7) is 0. The lowest BCUT2D eigenvalue weighted by molar-refractivity contribution is -0.115. The lowest BCUT2D eigenvalue weighted by Gasteiger charge is -2.05. The van der Waals surface area contributed by atoms with Gasteiger partial charge in [-0.1, -0.05) is 41.9 Å². The van der Waals surface area contributed by atoms with Crippen LogP contribution in [0.4, 0.5) is 5.69 Å². The third-order valence-electron chi connectivity index (χ3n) is 4.02. The molecule has 0 aliphatic carbocycles. The van der Waals surface area contributed by atoms with Gasteiger partial charge in [-0.2, -0.15) is 0 Å². The summed E-state index contributed by atoms with van der Waals surface area (Å²) in [5.41, 5.74) is 2.40. The molecular formula is C20H14ClNO2. The molecule has 4 heteroatoms. The van der Waals surface area contributed by atoms with Crippen molar-refractivity contribution >= 4 is 44.9 Å². The molecule has 0 unspecified atom stereocenters. The van der Waals surface area contributed by atoms with Crippen molar-refractivity contribution in [2.24, 2.45) is 0 Å². The summed E-state index contributed by atoms with van der Waals surface area (Å²) >= 11 is 5.86. The molecule has 1 heterocycles. The van der Waals surface area contributed by atoms with Gasteiger partial charge in [0.15, 0.2) is 0 Å². The zero-order valence-electron chi connectivity index (χ0n) is 12.8. The van der Waals surface area contributed by atoms with Crippen LogP contribution >= 0.6 is 11.6 Å². The molecule has 0 fully saturated rings. The number of fused-ring (bicyclic) bond motifs is 3. The molecule has 0 bridgehead atoms. The fraction of sp³-hybridized carbons (Fsp3) is 0.0500. The second-order valence-electron chi connectivity index (χ2n) is 5.65. The van der Waals surface area contributed by atoms with E-state index in [9.17, 15) is 4.79 Å². The van der Waals surface area contributed by atoms with Crippen LogP contribution in [0.25, 0.3) is 21.7 Å². The average Bonchev–Trinajstić information content (AvgIpc) is 3.00. The number of nitrogens with one attached hydrogen (secondary N) is 1. The Bertz CT molecular complexity index is 1030. The van der Waals surface area contributed by atoms with Gasteiger partial charge in [0.05, 0.1) is 12.7 Å². The van der Waals surface area contributed by atoms with Crippen LogP contribution in [-0.2, 0) is 11.2 Å². The van der Waals surface area contributed by atoms with Crippen LogP contribution in [0.5, 0.6) is 0 Å². The first-order valence-corrected chi connectivity index (χ1v) is 8.02. The van der Waals surface area contributed by atoms with E-state index in [4.69, 9.17) is 16.0 Å². The monoisotopic (exact) mass is 335 g/mol. The van der Waals surface area contributed by atoms with Crippen molar-refractivity contribution in [3.8, 4) is 0 Å². The van der Waals surface area contributed by atoms with Crippen LogP contribution in [0.2, 0.25) is 5.02 Å². The van der Waals surface area contributed by atoms with E-state index >= 15 is 0 Å². The predicted octanol–water partition coefficient (Wildman–Crippen LogP) is 5.42. The first-order chi connectivity index (χ1) is 11.7. The summed E-state index contributed by atoms with van der Waals surface area (Å²) < 4.78 is 5.63. The van der Waals surface area contributed by atoms with E-state index in [0.29, 0.717) is 5.02 Å². The molecule has 0 aliphatic heterocycles. The molecule has 0 aliphatic rings. The Morgan fingerprint density at radius 1 is 1.00 bits per heavy atom. The summed E-state index contributed by atoms with van der Waals surface area (Å²) in [5.74, 6) is -0.0899. The standard InChI is InChI=1S/C20H14ClNO2/c21-15-6-8-16(9-7-15)22-19(23)11-14-12-24-18-10-5-13-3-1-2-4-17(13)20(14)18/h1-10,12H,11H2,(H,22,23). The van der Waals surface area contributed by atoms with Gasteiger partial charge in [0.25, 0.3) is 0 Å². The van der Waals surface area contributed by atoms with Crippen molar-refractivity contribution in [2.75, 3.05) is 5.32 Å². The normalized spacial score (nSPS) is 11.0. The number of benzene rings is 3. The third-order valence-corrected chi connectivity index (χ3v) is 4.27. The second-order valence-corrected chi connectivity index (χ2v) is 6.09. The van der Waals surface area contributed by atoms with Gasteiger partial charge in [0.2, 0.25) is 5.91 Å². The van der Waals surface area contributed by atoms with E-state index in [0.717, 1.165) is 33.0 Å². The Labute approximate surface area is 143 Å². The van der Waals surface area contributed by atoms with E-state index < -0.39 is 0 Å². The zero-order valence-corrected chi connectivity index (χ0v) is 13.5. The van der Waals surface area contributed by atoms with Gasteiger partial charge >= 0.3 is 0 Å². The van der Waals surface area contributed by atoms with Gasteiger partial charge in [0.1, 0.15) is 5.58 Å². The number of anilines is 1. The molecule has 24 heavy (non-hydrogen) atoms. The minimum absolute atomic E-state index is 0.0899. The number of carbonyl (C=O) groups excluding carboxylic acids is 1. The number of amides is 1. The van der Waals surface area contributed by atoms with Crippen molar-refractivity contribution < 1.29 is 9.21 Å². The average molecular weight is 336 g/mol. The maximum Gasteiger partial charge on any atom is 0.228 e. The van der Waals surface area contributed by atoms with Crippen molar-refractivity contribution in [1.82, 2.24) is 0 Å². The van der Waals surface area contributed by atoms with E-state index in [1.54, 1.807) is 30.5 Å². The van der Waals surface area contributed by atoms with Crippen LogP contribution in [0.1, 0.15) is 5.56 Å². The highest BCUT2D eigenvalue weighted by Gasteiger charge is 2.13. The van der Waals surface area contributed by atoms with Crippen LogP contribution in [0.15, 0.2) is 71.3 Å². The van der Waals surface area contributed by atoms with Gasteiger partial charge in [-0.15, -0.1) is 0 Å². The zero-order chi connectivity index (χ0) is 16.5. The number of halogens is 1. The third kappa shape index (κ3) is 2.74. The number of carbonyl (C=O) groups is 1. The molecule has 0 atom stereocenters. The van der Waals surface area contributed by atoms with Gasteiger partial charge in [0, 0.05) is 21.7 Å². The van der Waals surface area contributed by atoms with Gasteiger partial charge in [-0.3, -0.25) is 4.79 Å². The van der Waals surface area contributed by atoms with Crippen molar-refractivity contribution in [3.63, 3.8) is 0 Å². The Morgan fingerprint density at radius 2 is 1.79 bits per heavy atom. The number of rotatable bonds is 3. The highest BCUT2D eigenvalue weighted by molar-refractivity contribution is 6.30. The molecule has 0 spiro atoms. The lowest BCUT2D eigenvalue weighted by atomic mass is 10.0. The van der Waals surface area contributed by atoms with Crippen molar-refractivity contribution in [1.29, 1.82) is 0 Å². The van der Waals surface area contributed by atoms with Crippen LogP contribution in [0, 0.1) is 0 Å². The van der Waals surface area contributed by atoms with E-state index in [2.05, 4.69) is 11.4 Å². The van der Waals surface area contributed by atoms with E-state index in [-0.39, 0.29) is 12.3 Å². The Hall–Kier alpha value is -2.78. The van der Waals surface area contributed by atoms with Crippen LogP contribution in [0.3, 0.4) is 0 Å². The predicted molar refractivity (Wildman–Crippen MR) is 97.5 cm³/mol. The number of hydrogen-bond donors (Lipinski definition) is 1. The largest absolute Gasteiger partial charge is 0.464 e. The molecular weight excluding hydrogens is 322 g/mol. The summed E-state index contributed by atoms with van der Waals surface area (Å²) in [5, 5.41) is 6.75. The van der Waals surface area contributed by atoms with Gasteiger partial charge in [-0.25, -0.2) is 0 Å². The SMILES string of the molecule is O=C(Cc1coc2ccc3ccccc3c12)Nc1ccc(Cl)cc1. The maximum absolute atomic E-state index is 12.4. The Morgan fingerprint density at radius 3 is 2.62 bits per heavy atom. The molecule has 4 rings (SSSR count). The first kappa shape index (κ1) is 14.8. The topological polar surface area (TPSA) is 42.2 Å². The Balaban J connectivity index is 1.65. The molecule has 0 saturated carbocycles. The minimum atomic E-state index is -0.0899. The molecule has 0 saturated heterocycles. The second kappa shape index (κ2) is 6.02. The molecule has 1 amide bonds.